The van der Waals surface area contributed by atoms with E-state index in [1.54, 1.807) is 19.2 Å². The summed E-state index contributed by atoms with van der Waals surface area (Å²) in [6, 6.07) is 22.6. The number of hydrogen-bond donors (Lipinski definition) is 1. The molecule has 0 aliphatic carbocycles. The molecule has 0 saturated heterocycles. The van der Waals surface area contributed by atoms with E-state index in [-0.39, 0.29) is 12.5 Å². The first-order valence-electron chi connectivity index (χ1n) is 11.1. The SMILES string of the molecule is COC(=O)C(CNC(=O)c1c(C)c(-c2ccccc2)nc2ccc(Br)cc12)c1ccccc1OC. The summed E-state index contributed by atoms with van der Waals surface area (Å²) in [5.41, 5.74) is 4.28. The van der Waals surface area contributed by atoms with Crippen LogP contribution in [0.15, 0.2) is 77.3 Å². The third-order valence-corrected chi connectivity index (χ3v) is 6.42. The molecule has 178 valence electrons. The third-order valence-electron chi connectivity index (χ3n) is 5.93. The molecule has 0 fully saturated rings. The second-order valence-electron chi connectivity index (χ2n) is 8.02. The average molecular weight is 533 g/mol. The van der Waals surface area contributed by atoms with E-state index < -0.39 is 11.9 Å². The Morgan fingerprint density at radius 2 is 1.71 bits per heavy atom. The maximum Gasteiger partial charge on any atom is 0.315 e. The van der Waals surface area contributed by atoms with E-state index in [1.165, 1.54) is 7.11 Å². The number of benzene rings is 3. The molecule has 0 radical (unpaired) electrons. The molecule has 35 heavy (non-hydrogen) atoms. The molecule has 4 aromatic rings. The van der Waals surface area contributed by atoms with Gasteiger partial charge in [-0.3, -0.25) is 9.59 Å². The number of aromatic nitrogens is 1. The lowest BCUT2D eigenvalue weighted by atomic mass is 9.95. The molecule has 0 aliphatic heterocycles. The summed E-state index contributed by atoms with van der Waals surface area (Å²) in [5, 5.41) is 3.68. The van der Waals surface area contributed by atoms with Crippen LogP contribution in [-0.4, -0.2) is 37.6 Å². The normalized spacial score (nSPS) is 11.7. The predicted octanol–water partition coefficient (Wildman–Crippen LogP) is 5.67. The van der Waals surface area contributed by atoms with E-state index >= 15 is 0 Å². The topological polar surface area (TPSA) is 77.5 Å². The fraction of sp³-hybridized carbons (Fsp3) is 0.179. The quantitative estimate of drug-likeness (QED) is 0.310. The Morgan fingerprint density at radius 3 is 2.43 bits per heavy atom. The molecule has 1 atom stereocenters. The number of carbonyl (C=O) groups is 2. The standard InChI is InChI=1S/C28H25BrN2O4/c1-17-25(21-15-19(29)13-14-23(21)31-26(17)18-9-5-4-6-10-18)27(32)30-16-22(28(33)35-3)20-11-7-8-12-24(20)34-2/h4-15,22H,16H2,1-3H3,(H,30,32). The largest absolute Gasteiger partial charge is 0.496 e. The minimum Gasteiger partial charge on any atom is -0.496 e. The Morgan fingerprint density at radius 1 is 1.00 bits per heavy atom. The molecule has 1 N–H and O–H groups in total. The Bertz CT molecular complexity index is 1390. The molecule has 0 spiro atoms. The number of para-hydroxylation sites is 1. The van der Waals surface area contributed by atoms with Crippen LogP contribution in [0.1, 0.15) is 27.4 Å². The Kier molecular flexibility index (Phi) is 7.46. The van der Waals surface area contributed by atoms with Crippen molar-refractivity contribution < 1.29 is 19.1 Å². The first-order chi connectivity index (χ1) is 16.9. The van der Waals surface area contributed by atoms with Gasteiger partial charge in [-0.25, -0.2) is 4.98 Å². The Labute approximate surface area is 212 Å². The molecule has 3 aromatic carbocycles. The summed E-state index contributed by atoms with van der Waals surface area (Å²) < 4.78 is 11.3. The number of pyridine rings is 1. The number of nitrogens with zero attached hydrogens (tertiary/aromatic N) is 1. The Hall–Kier alpha value is -3.71. The van der Waals surface area contributed by atoms with Crippen LogP contribution in [0.5, 0.6) is 5.75 Å². The zero-order chi connectivity index (χ0) is 24.9. The van der Waals surface area contributed by atoms with Crippen LogP contribution in [0.2, 0.25) is 0 Å². The summed E-state index contributed by atoms with van der Waals surface area (Å²) >= 11 is 3.51. The molecule has 1 aromatic heterocycles. The second kappa shape index (κ2) is 10.7. The first kappa shape index (κ1) is 24.4. The van der Waals surface area contributed by atoms with E-state index in [9.17, 15) is 9.59 Å². The number of carbonyl (C=O) groups excluding carboxylic acids is 2. The molecule has 4 rings (SSSR count). The van der Waals surface area contributed by atoms with Crippen LogP contribution >= 0.6 is 15.9 Å². The van der Waals surface area contributed by atoms with Gasteiger partial charge in [0.1, 0.15) is 11.7 Å². The number of nitrogens with one attached hydrogen (secondary N) is 1. The van der Waals surface area contributed by atoms with Crippen LogP contribution in [0.4, 0.5) is 0 Å². The van der Waals surface area contributed by atoms with Crippen molar-refractivity contribution in [2.45, 2.75) is 12.8 Å². The number of hydrogen-bond acceptors (Lipinski definition) is 5. The van der Waals surface area contributed by atoms with Gasteiger partial charge in [0.25, 0.3) is 5.91 Å². The highest BCUT2D eigenvalue weighted by Crippen LogP contribution is 2.32. The van der Waals surface area contributed by atoms with E-state index in [2.05, 4.69) is 21.2 Å². The molecule has 0 saturated carbocycles. The Balaban J connectivity index is 1.75. The summed E-state index contributed by atoms with van der Waals surface area (Å²) in [6.45, 7) is 1.94. The van der Waals surface area contributed by atoms with Crippen molar-refractivity contribution in [2.24, 2.45) is 0 Å². The van der Waals surface area contributed by atoms with Crippen molar-refractivity contribution in [1.82, 2.24) is 10.3 Å². The highest BCUT2D eigenvalue weighted by atomic mass is 79.9. The van der Waals surface area contributed by atoms with Gasteiger partial charge in [-0.15, -0.1) is 0 Å². The number of halogens is 1. The molecular weight excluding hydrogens is 508 g/mol. The molecule has 1 amide bonds. The van der Waals surface area contributed by atoms with E-state index in [1.807, 2.05) is 67.6 Å². The molecule has 1 heterocycles. The van der Waals surface area contributed by atoms with Gasteiger partial charge < -0.3 is 14.8 Å². The third kappa shape index (κ3) is 5.05. The highest BCUT2D eigenvalue weighted by Gasteiger charge is 2.27. The van der Waals surface area contributed by atoms with Gasteiger partial charge in [0.15, 0.2) is 0 Å². The molecule has 0 bridgehead atoms. The van der Waals surface area contributed by atoms with Crippen LogP contribution < -0.4 is 10.1 Å². The monoisotopic (exact) mass is 532 g/mol. The second-order valence-corrected chi connectivity index (χ2v) is 8.93. The fourth-order valence-corrected chi connectivity index (χ4v) is 4.56. The lowest BCUT2D eigenvalue weighted by Crippen LogP contribution is -2.33. The van der Waals surface area contributed by atoms with Gasteiger partial charge >= 0.3 is 5.97 Å². The number of rotatable bonds is 7. The number of methoxy groups -OCH3 is 2. The lowest BCUT2D eigenvalue weighted by Gasteiger charge is -2.20. The van der Waals surface area contributed by atoms with Crippen molar-refractivity contribution in [3.63, 3.8) is 0 Å². The zero-order valence-corrected chi connectivity index (χ0v) is 21.3. The maximum atomic E-state index is 13.6. The lowest BCUT2D eigenvalue weighted by molar-refractivity contribution is -0.142. The fourth-order valence-electron chi connectivity index (χ4n) is 4.20. The average Bonchev–Trinajstić information content (AvgIpc) is 2.88. The molecular formula is C28H25BrN2O4. The number of fused-ring (bicyclic) bond motifs is 1. The van der Waals surface area contributed by atoms with Gasteiger partial charge in [0.2, 0.25) is 0 Å². The van der Waals surface area contributed by atoms with Crippen molar-refractivity contribution in [2.75, 3.05) is 20.8 Å². The minimum absolute atomic E-state index is 0.0454. The van der Waals surface area contributed by atoms with Crippen LogP contribution in [0.3, 0.4) is 0 Å². The van der Waals surface area contributed by atoms with Crippen LogP contribution in [-0.2, 0) is 9.53 Å². The van der Waals surface area contributed by atoms with Crippen molar-refractivity contribution in [3.05, 3.63) is 94.0 Å². The van der Waals surface area contributed by atoms with Gasteiger partial charge in [0.05, 0.1) is 31.0 Å². The molecule has 0 aliphatic rings. The predicted molar refractivity (Wildman–Crippen MR) is 140 cm³/mol. The minimum atomic E-state index is -0.728. The number of esters is 1. The maximum absolute atomic E-state index is 13.6. The van der Waals surface area contributed by atoms with Gasteiger partial charge in [0, 0.05) is 27.5 Å². The summed E-state index contributed by atoms with van der Waals surface area (Å²) in [5.74, 6) is -0.931. The van der Waals surface area contributed by atoms with Crippen LogP contribution in [0.25, 0.3) is 22.2 Å². The van der Waals surface area contributed by atoms with Gasteiger partial charge in [-0.1, -0.05) is 64.5 Å². The molecule has 6 nitrogen and oxygen atoms in total. The molecule has 7 heteroatoms. The molecule has 1 unspecified atom stereocenters. The first-order valence-corrected chi connectivity index (χ1v) is 11.9. The highest BCUT2D eigenvalue weighted by molar-refractivity contribution is 9.10. The summed E-state index contributed by atoms with van der Waals surface area (Å²) in [6.07, 6.45) is 0. The summed E-state index contributed by atoms with van der Waals surface area (Å²) in [4.78, 5) is 31.1. The van der Waals surface area contributed by atoms with E-state index in [0.717, 1.165) is 26.7 Å². The van der Waals surface area contributed by atoms with E-state index in [0.29, 0.717) is 22.4 Å². The number of ether oxygens (including phenoxy) is 2. The zero-order valence-electron chi connectivity index (χ0n) is 19.7. The van der Waals surface area contributed by atoms with Gasteiger partial charge in [-0.05, 0) is 36.8 Å². The van der Waals surface area contributed by atoms with Crippen molar-refractivity contribution in [3.8, 4) is 17.0 Å². The van der Waals surface area contributed by atoms with Crippen molar-refractivity contribution >= 4 is 38.7 Å². The summed E-state index contributed by atoms with van der Waals surface area (Å²) in [7, 11) is 2.87. The van der Waals surface area contributed by atoms with Crippen LogP contribution in [0, 0.1) is 6.92 Å². The van der Waals surface area contributed by atoms with Gasteiger partial charge in [-0.2, -0.15) is 0 Å². The smallest absolute Gasteiger partial charge is 0.315 e. The number of amides is 1. The van der Waals surface area contributed by atoms with Crippen molar-refractivity contribution in [1.29, 1.82) is 0 Å². The van der Waals surface area contributed by atoms with E-state index in [4.69, 9.17) is 14.5 Å².